The van der Waals surface area contributed by atoms with Crippen molar-refractivity contribution in [2.75, 3.05) is 5.88 Å². The molecule has 1 aromatic rings. The lowest BCUT2D eigenvalue weighted by molar-refractivity contribution is 0.299. The average Bonchev–Trinajstić information content (AvgIpc) is 2.92. The molecule has 0 spiro atoms. The first kappa shape index (κ1) is 11.8. The zero-order valence-corrected chi connectivity index (χ0v) is 11.1. The summed E-state index contributed by atoms with van der Waals surface area (Å²) in [6.45, 7) is 0. The van der Waals surface area contributed by atoms with Crippen molar-refractivity contribution in [2.24, 2.45) is 17.3 Å². The summed E-state index contributed by atoms with van der Waals surface area (Å²) in [5.41, 5.74) is 0.833. The van der Waals surface area contributed by atoms with Gasteiger partial charge in [-0.25, -0.2) is 4.39 Å². The standard InChI is InChI=1S/C14H15Cl2F/c15-8-14(5-9-3-10(9)6-14)7-11-4-12(16)1-2-13(11)17/h1-2,4,9-10H,3,5-8H2. The van der Waals surface area contributed by atoms with Gasteiger partial charge in [0, 0.05) is 10.9 Å². The number of halogens is 3. The molecule has 0 heterocycles. The second-order valence-electron chi connectivity index (χ2n) is 5.71. The molecular weight excluding hydrogens is 258 g/mol. The lowest BCUT2D eigenvalue weighted by atomic mass is 9.79. The third-order valence-corrected chi connectivity index (χ3v) is 5.12. The summed E-state index contributed by atoms with van der Waals surface area (Å²) < 4.78 is 13.7. The maximum atomic E-state index is 13.7. The van der Waals surface area contributed by atoms with Crippen LogP contribution in [0.2, 0.25) is 5.02 Å². The van der Waals surface area contributed by atoms with Crippen molar-refractivity contribution >= 4 is 23.2 Å². The van der Waals surface area contributed by atoms with Crippen molar-refractivity contribution < 1.29 is 4.39 Å². The molecule has 2 aliphatic carbocycles. The van der Waals surface area contributed by atoms with E-state index in [1.54, 1.807) is 12.1 Å². The Kier molecular flexibility index (Phi) is 2.87. The first-order valence-electron chi connectivity index (χ1n) is 6.12. The third kappa shape index (κ3) is 2.20. The molecule has 2 saturated carbocycles. The molecule has 0 aromatic heterocycles. The minimum atomic E-state index is -0.153. The summed E-state index contributed by atoms with van der Waals surface area (Å²) in [5, 5.41) is 0.606. The van der Waals surface area contributed by atoms with Crippen molar-refractivity contribution in [3.05, 3.63) is 34.6 Å². The van der Waals surface area contributed by atoms with Crippen LogP contribution in [0.25, 0.3) is 0 Å². The van der Waals surface area contributed by atoms with Crippen LogP contribution in [0, 0.1) is 23.1 Å². The molecule has 0 aliphatic heterocycles. The SMILES string of the molecule is Fc1ccc(Cl)cc1CC1(CCl)CC2CC2C1. The lowest BCUT2D eigenvalue weighted by Gasteiger charge is -2.28. The predicted molar refractivity (Wildman–Crippen MR) is 69.1 cm³/mol. The van der Waals surface area contributed by atoms with E-state index in [2.05, 4.69) is 0 Å². The number of fused-ring (bicyclic) bond motifs is 1. The number of hydrogen-bond acceptors (Lipinski definition) is 0. The first-order valence-corrected chi connectivity index (χ1v) is 7.03. The molecule has 2 unspecified atom stereocenters. The largest absolute Gasteiger partial charge is 0.207 e. The van der Waals surface area contributed by atoms with Gasteiger partial charge in [-0.3, -0.25) is 0 Å². The van der Waals surface area contributed by atoms with Gasteiger partial charge in [0.2, 0.25) is 0 Å². The highest BCUT2D eigenvalue weighted by Gasteiger charge is 2.53. The predicted octanol–water partition coefficient (Wildman–Crippen LogP) is 4.68. The molecule has 0 amide bonds. The maximum Gasteiger partial charge on any atom is 0.126 e. The van der Waals surface area contributed by atoms with Crippen LogP contribution in [0.15, 0.2) is 18.2 Å². The fourth-order valence-electron chi connectivity index (χ4n) is 3.39. The van der Waals surface area contributed by atoms with Crippen LogP contribution in [0.3, 0.4) is 0 Å². The van der Waals surface area contributed by atoms with Crippen LogP contribution in [0.4, 0.5) is 4.39 Å². The van der Waals surface area contributed by atoms with Crippen molar-refractivity contribution in [1.82, 2.24) is 0 Å². The van der Waals surface area contributed by atoms with E-state index < -0.39 is 0 Å². The van der Waals surface area contributed by atoms with E-state index in [1.165, 1.54) is 12.5 Å². The summed E-state index contributed by atoms with van der Waals surface area (Å²) in [7, 11) is 0. The Morgan fingerprint density at radius 2 is 2.00 bits per heavy atom. The zero-order valence-electron chi connectivity index (χ0n) is 9.56. The zero-order chi connectivity index (χ0) is 12.0. The Hall–Kier alpha value is -0.270. The van der Waals surface area contributed by atoms with Gasteiger partial charge in [0.05, 0.1) is 0 Å². The quantitative estimate of drug-likeness (QED) is 0.701. The maximum absolute atomic E-state index is 13.7. The van der Waals surface area contributed by atoms with Gasteiger partial charge in [-0.15, -0.1) is 11.6 Å². The van der Waals surface area contributed by atoms with E-state index in [9.17, 15) is 4.39 Å². The monoisotopic (exact) mass is 272 g/mol. The van der Waals surface area contributed by atoms with Crippen LogP contribution in [-0.4, -0.2) is 5.88 Å². The Balaban J connectivity index is 1.83. The molecule has 92 valence electrons. The van der Waals surface area contributed by atoms with Crippen LogP contribution in [0.5, 0.6) is 0 Å². The minimum absolute atomic E-state index is 0.112. The summed E-state index contributed by atoms with van der Waals surface area (Å²) in [6.07, 6.45) is 4.41. The van der Waals surface area contributed by atoms with Gasteiger partial charge in [-0.05, 0) is 66.7 Å². The minimum Gasteiger partial charge on any atom is -0.207 e. The molecule has 0 N–H and O–H groups in total. The Labute approximate surface area is 111 Å². The van der Waals surface area contributed by atoms with E-state index in [0.717, 1.165) is 36.7 Å². The number of rotatable bonds is 3. The Morgan fingerprint density at radius 1 is 1.29 bits per heavy atom. The topological polar surface area (TPSA) is 0 Å². The number of alkyl halides is 1. The Bertz CT molecular complexity index is 434. The molecule has 0 nitrogen and oxygen atoms in total. The highest BCUT2D eigenvalue weighted by atomic mass is 35.5. The highest BCUT2D eigenvalue weighted by molar-refractivity contribution is 6.30. The van der Waals surface area contributed by atoms with Gasteiger partial charge in [0.25, 0.3) is 0 Å². The molecular formula is C14H15Cl2F. The van der Waals surface area contributed by atoms with Gasteiger partial charge < -0.3 is 0 Å². The van der Waals surface area contributed by atoms with E-state index in [-0.39, 0.29) is 11.2 Å². The van der Waals surface area contributed by atoms with Gasteiger partial charge in [-0.1, -0.05) is 11.6 Å². The van der Waals surface area contributed by atoms with Crippen molar-refractivity contribution in [3.8, 4) is 0 Å². The van der Waals surface area contributed by atoms with Crippen LogP contribution >= 0.6 is 23.2 Å². The van der Waals surface area contributed by atoms with Gasteiger partial charge in [0.1, 0.15) is 5.82 Å². The normalized spacial score (nSPS) is 34.8. The molecule has 2 atom stereocenters. The van der Waals surface area contributed by atoms with Gasteiger partial charge >= 0.3 is 0 Å². The van der Waals surface area contributed by atoms with Crippen molar-refractivity contribution in [2.45, 2.75) is 25.7 Å². The van der Waals surface area contributed by atoms with Crippen molar-refractivity contribution in [3.63, 3.8) is 0 Å². The molecule has 1 aromatic carbocycles. The summed E-state index contributed by atoms with van der Waals surface area (Å²) in [5.74, 6) is 2.19. The van der Waals surface area contributed by atoms with Crippen molar-refractivity contribution in [1.29, 1.82) is 0 Å². The van der Waals surface area contributed by atoms with Crippen LogP contribution < -0.4 is 0 Å². The number of hydrogen-bond donors (Lipinski definition) is 0. The molecule has 2 aliphatic rings. The lowest BCUT2D eigenvalue weighted by Crippen LogP contribution is -2.24. The third-order valence-electron chi connectivity index (χ3n) is 4.32. The van der Waals surface area contributed by atoms with Gasteiger partial charge in [0.15, 0.2) is 0 Å². The molecule has 2 fully saturated rings. The summed E-state index contributed by atoms with van der Waals surface area (Å²) in [4.78, 5) is 0. The van der Waals surface area contributed by atoms with E-state index >= 15 is 0 Å². The highest BCUT2D eigenvalue weighted by Crippen LogP contribution is 2.61. The van der Waals surface area contributed by atoms with E-state index in [1.807, 2.05) is 0 Å². The molecule has 17 heavy (non-hydrogen) atoms. The van der Waals surface area contributed by atoms with E-state index in [0.29, 0.717) is 10.9 Å². The smallest absolute Gasteiger partial charge is 0.126 e. The summed E-state index contributed by atoms with van der Waals surface area (Å²) >= 11 is 12.1. The first-order chi connectivity index (χ1) is 8.12. The second-order valence-corrected chi connectivity index (χ2v) is 6.41. The molecule has 3 rings (SSSR count). The van der Waals surface area contributed by atoms with Crippen LogP contribution in [0.1, 0.15) is 24.8 Å². The van der Waals surface area contributed by atoms with Gasteiger partial charge in [-0.2, -0.15) is 0 Å². The molecule has 0 saturated heterocycles. The van der Waals surface area contributed by atoms with Crippen LogP contribution in [-0.2, 0) is 6.42 Å². The fraction of sp³-hybridized carbons (Fsp3) is 0.571. The second kappa shape index (κ2) is 4.13. The molecule has 3 heteroatoms. The fourth-order valence-corrected chi connectivity index (χ4v) is 3.90. The average molecular weight is 273 g/mol. The molecule has 0 radical (unpaired) electrons. The summed E-state index contributed by atoms with van der Waals surface area (Å²) in [6, 6.07) is 4.80. The number of benzene rings is 1. The Morgan fingerprint density at radius 3 is 2.65 bits per heavy atom. The van der Waals surface area contributed by atoms with E-state index in [4.69, 9.17) is 23.2 Å². The molecule has 0 bridgehead atoms.